The largest absolute Gasteiger partial charge is 0.314 e. The summed E-state index contributed by atoms with van der Waals surface area (Å²) in [5.41, 5.74) is 1.52. The maximum atomic E-state index is 5.96. The Kier molecular flexibility index (Phi) is 5.34. The summed E-state index contributed by atoms with van der Waals surface area (Å²) in [5.74, 6) is 0.764. The van der Waals surface area contributed by atoms with E-state index in [1.165, 1.54) is 36.1 Å². The van der Waals surface area contributed by atoms with Crippen molar-refractivity contribution in [2.75, 3.05) is 6.54 Å². The Morgan fingerprint density at radius 1 is 1.00 bits per heavy atom. The molecule has 1 fully saturated rings. The van der Waals surface area contributed by atoms with Crippen molar-refractivity contribution in [1.82, 2.24) is 5.32 Å². The molecule has 112 valence electrons. The maximum Gasteiger partial charge on any atom is 0.0931 e. The van der Waals surface area contributed by atoms with Gasteiger partial charge in [-0.05, 0) is 55.7 Å². The molecule has 0 amide bonds. The van der Waals surface area contributed by atoms with Crippen molar-refractivity contribution in [3.63, 3.8) is 0 Å². The van der Waals surface area contributed by atoms with Crippen molar-refractivity contribution in [2.24, 2.45) is 0 Å². The monoisotopic (exact) mass is 319 g/mol. The minimum Gasteiger partial charge on any atom is -0.314 e. The number of hydrogen-bond acceptors (Lipinski definition) is 2. The fourth-order valence-electron chi connectivity index (χ4n) is 3.24. The lowest BCUT2D eigenvalue weighted by Gasteiger charge is -2.29. The molecule has 1 nitrogen and oxygen atoms in total. The zero-order chi connectivity index (χ0) is 14.5. The van der Waals surface area contributed by atoms with Crippen LogP contribution in [0.25, 0.3) is 0 Å². The van der Waals surface area contributed by atoms with Crippen LogP contribution in [0.4, 0.5) is 0 Å². The molecule has 1 saturated carbocycles. The molecule has 3 rings (SSSR count). The van der Waals surface area contributed by atoms with Gasteiger partial charge in [0.05, 0.1) is 4.34 Å². The highest BCUT2D eigenvalue weighted by atomic mass is 35.5. The van der Waals surface area contributed by atoms with Gasteiger partial charge >= 0.3 is 0 Å². The Bertz CT molecular complexity index is 543. The Balaban J connectivity index is 1.40. The van der Waals surface area contributed by atoms with Crippen molar-refractivity contribution in [3.05, 3.63) is 57.2 Å². The van der Waals surface area contributed by atoms with E-state index in [4.69, 9.17) is 11.6 Å². The molecule has 0 atom stereocenters. The number of thiophene rings is 1. The molecule has 0 spiro atoms. The second-order valence-electron chi connectivity index (χ2n) is 5.87. The van der Waals surface area contributed by atoms with Crippen LogP contribution in [0.2, 0.25) is 4.34 Å². The first-order valence-electron chi connectivity index (χ1n) is 7.84. The summed E-state index contributed by atoms with van der Waals surface area (Å²) in [6.07, 6.45) is 6.31. The molecular weight excluding hydrogens is 298 g/mol. The molecule has 0 radical (unpaired) electrons. The van der Waals surface area contributed by atoms with Gasteiger partial charge in [-0.25, -0.2) is 0 Å². The molecule has 1 heterocycles. The topological polar surface area (TPSA) is 12.0 Å². The fraction of sp³-hybridized carbons (Fsp3) is 0.444. The van der Waals surface area contributed by atoms with Crippen LogP contribution >= 0.6 is 22.9 Å². The molecule has 1 aliphatic carbocycles. The van der Waals surface area contributed by atoms with Crippen LogP contribution < -0.4 is 5.32 Å². The van der Waals surface area contributed by atoms with E-state index >= 15 is 0 Å². The third kappa shape index (κ3) is 4.32. The minimum absolute atomic E-state index is 0.695. The van der Waals surface area contributed by atoms with Gasteiger partial charge < -0.3 is 5.32 Å². The van der Waals surface area contributed by atoms with Gasteiger partial charge in [-0.15, -0.1) is 11.3 Å². The van der Waals surface area contributed by atoms with E-state index in [-0.39, 0.29) is 0 Å². The summed E-state index contributed by atoms with van der Waals surface area (Å²) in [5, 5.41) is 3.71. The van der Waals surface area contributed by atoms with Crippen molar-refractivity contribution >= 4 is 22.9 Å². The number of hydrogen-bond donors (Lipinski definition) is 1. The van der Waals surface area contributed by atoms with Crippen LogP contribution in [0.5, 0.6) is 0 Å². The number of rotatable bonds is 5. The molecule has 0 saturated heterocycles. The number of halogens is 1. The van der Waals surface area contributed by atoms with E-state index < -0.39 is 0 Å². The Morgan fingerprint density at radius 3 is 2.43 bits per heavy atom. The second-order valence-corrected chi connectivity index (χ2v) is 7.67. The highest BCUT2D eigenvalue weighted by Crippen LogP contribution is 2.32. The summed E-state index contributed by atoms with van der Waals surface area (Å²) < 4.78 is 0.897. The minimum atomic E-state index is 0.695. The predicted molar refractivity (Wildman–Crippen MR) is 92.5 cm³/mol. The smallest absolute Gasteiger partial charge is 0.0931 e. The molecule has 3 heteroatoms. The third-order valence-electron chi connectivity index (χ3n) is 4.43. The van der Waals surface area contributed by atoms with Crippen LogP contribution in [0, 0.1) is 0 Å². The molecule has 0 bridgehead atoms. The zero-order valence-corrected chi connectivity index (χ0v) is 13.8. The van der Waals surface area contributed by atoms with Crippen LogP contribution in [-0.4, -0.2) is 12.6 Å². The molecule has 1 aliphatic rings. The van der Waals surface area contributed by atoms with Crippen LogP contribution in [0.3, 0.4) is 0 Å². The van der Waals surface area contributed by atoms with Gasteiger partial charge in [-0.3, -0.25) is 0 Å². The third-order valence-corrected chi connectivity index (χ3v) is 5.72. The summed E-state index contributed by atoms with van der Waals surface area (Å²) in [6.45, 7) is 1.07. The summed E-state index contributed by atoms with van der Waals surface area (Å²) in [6, 6.07) is 15.8. The summed E-state index contributed by atoms with van der Waals surface area (Å²) in [4.78, 5) is 1.38. The van der Waals surface area contributed by atoms with Crippen LogP contribution in [0.15, 0.2) is 42.5 Å². The second kappa shape index (κ2) is 7.44. The average molecular weight is 320 g/mol. The van der Waals surface area contributed by atoms with Crippen molar-refractivity contribution < 1.29 is 0 Å². The molecule has 0 unspecified atom stereocenters. The van der Waals surface area contributed by atoms with E-state index in [1.807, 2.05) is 6.07 Å². The summed E-state index contributed by atoms with van der Waals surface area (Å²) >= 11 is 7.66. The number of nitrogens with one attached hydrogen (secondary N) is 1. The number of benzene rings is 1. The molecule has 0 aliphatic heterocycles. The van der Waals surface area contributed by atoms with Gasteiger partial charge in [0, 0.05) is 17.5 Å². The first kappa shape index (κ1) is 15.1. The SMILES string of the molecule is Clc1ccc(CCNC2CCC(c3ccccc3)CC2)s1. The molecular formula is C18H22ClNS. The predicted octanol–water partition coefficient (Wildman–Crippen LogP) is 5.26. The van der Waals surface area contributed by atoms with Gasteiger partial charge in [0.25, 0.3) is 0 Å². The van der Waals surface area contributed by atoms with Gasteiger partial charge in [-0.1, -0.05) is 41.9 Å². The molecule has 1 aromatic carbocycles. The van der Waals surface area contributed by atoms with Crippen molar-refractivity contribution in [3.8, 4) is 0 Å². The van der Waals surface area contributed by atoms with Crippen molar-refractivity contribution in [2.45, 2.75) is 44.1 Å². The molecule has 21 heavy (non-hydrogen) atoms. The molecule has 2 aromatic rings. The molecule has 1 aromatic heterocycles. The standard InChI is InChI=1S/C18H22ClNS/c19-18-11-10-17(21-18)12-13-20-16-8-6-15(7-9-16)14-4-2-1-3-5-14/h1-5,10-11,15-16,20H,6-9,12-13H2. The lowest BCUT2D eigenvalue weighted by atomic mass is 9.82. The van der Waals surface area contributed by atoms with Gasteiger partial charge in [0.15, 0.2) is 0 Å². The van der Waals surface area contributed by atoms with E-state index in [9.17, 15) is 0 Å². The quantitative estimate of drug-likeness (QED) is 0.792. The first-order chi connectivity index (χ1) is 10.3. The van der Waals surface area contributed by atoms with E-state index in [2.05, 4.69) is 41.7 Å². The Labute approximate surface area is 136 Å². The fourth-order valence-corrected chi connectivity index (χ4v) is 4.33. The molecule has 1 N–H and O–H groups in total. The Hall–Kier alpha value is -0.830. The first-order valence-corrected chi connectivity index (χ1v) is 9.03. The maximum absolute atomic E-state index is 5.96. The average Bonchev–Trinajstić information content (AvgIpc) is 2.94. The van der Waals surface area contributed by atoms with E-state index in [1.54, 1.807) is 11.3 Å². The van der Waals surface area contributed by atoms with Crippen molar-refractivity contribution in [1.29, 1.82) is 0 Å². The lowest BCUT2D eigenvalue weighted by Crippen LogP contribution is -2.34. The van der Waals surface area contributed by atoms with E-state index in [0.717, 1.165) is 23.2 Å². The van der Waals surface area contributed by atoms with Gasteiger partial charge in [-0.2, -0.15) is 0 Å². The van der Waals surface area contributed by atoms with Crippen LogP contribution in [-0.2, 0) is 6.42 Å². The van der Waals surface area contributed by atoms with Crippen LogP contribution in [0.1, 0.15) is 42.0 Å². The van der Waals surface area contributed by atoms with E-state index in [0.29, 0.717) is 6.04 Å². The highest BCUT2D eigenvalue weighted by Gasteiger charge is 2.21. The normalized spacial score (nSPS) is 22.3. The lowest BCUT2D eigenvalue weighted by molar-refractivity contribution is 0.344. The van der Waals surface area contributed by atoms with Gasteiger partial charge in [0.2, 0.25) is 0 Å². The summed E-state index contributed by atoms with van der Waals surface area (Å²) in [7, 11) is 0. The highest BCUT2D eigenvalue weighted by molar-refractivity contribution is 7.16. The van der Waals surface area contributed by atoms with Gasteiger partial charge in [0.1, 0.15) is 0 Å². The zero-order valence-electron chi connectivity index (χ0n) is 12.2. The Morgan fingerprint density at radius 2 is 1.76 bits per heavy atom.